The first-order valence-electron chi connectivity index (χ1n) is 9.12. The van der Waals surface area contributed by atoms with Crippen LogP contribution < -0.4 is 10.5 Å². The van der Waals surface area contributed by atoms with Crippen molar-refractivity contribution in [2.45, 2.75) is 35.4 Å². The van der Waals surface area contributed by atoms with Crippen LogP contribution in [0, 0.1) is 16.0 Å². The average Bonchev–Trinajstić information content (AvgIpc) is 3.15. The van der Waals surface area contributed by atoms with Gasteiger partial charge in [0.15, 0.2) is 0 Å². The number of nitro benzene ring substituents is 1. The Kier molecular flexibility index (Phi) is 6.48. The second-order valence-electron chi connectivity index (χ2n) is 7.17. The van der Waals surface area contributed by atoms with E-state index < -0.39 is 25.0 Å². The molecule has 0 aliphatic carbocycles. The number of nitrogens with one attached hydrogen (secondary N) is 1. The molecular formula is C17H22N4O6S3. The Labute approximate surface area is 179 Å². The zero-order valence-corrected chi connectivity index (χ0v) is 18.6. The van der Waals surface area contributed by atoms with Gasteiger partial charge in [-0.2, -0.15) is 4.31 Å². The molecule has 0 radical (unpaired) electrons. The summed E-state index contributed by atoms with van der Waals surface area (Å²) in [6.45, 7) is 2.88. The van der Waals surface area contributed by atoms with Crippen LogP contribution in [0.25, 0.3) is 0 Å². The Morgan fingerprint density at radius 3 is 2.60 bits per heavy atom. The standard InChI is InChI=1S/C17H22N4O6S3/c1-12-3-2-8-20(11-12)30(26,27)14-5-6-15(16(9-14)21(22)23)19-10-13-4-7-17(28-13)29(18,24)25/h4-7,9,12,19H,2-3,8,10-11H2,1H3,(H2,18,24,25). The first-order valence-corrected chi connectivity index (χ1v) is 12.9. The highest BCUT2D eigenvalue weighted by molar-refractivity contribution is 7.91. The summed E-state index contributed by atoms with van der Waals surface area (Å²) in [7, 11) is -7.64. The lowest BCUT2D eigenvalue weighted by Crippen LogP contribution is -2.39. The van der Waals surface area contributed by atoms with Gasteiger partial charge in [0, 0.05) is 30.6 Å². The van der Waals surface area contributed by atoms with E-state index >= 15 is 0 Å². The third-order valence-corrected chi connectivity index (χ3v) is 9.18. The number of nitrogens with zero attached hydrogens (tertiary/aromatic N) is 2. The van der Waals surface area contributed by atoms with E-state index in [0.29, 0.717) is 18.0 Å². The summed E-state index contributed by atoms with van der Waals surface area (Å²) in [6.07, 6.45) is 1.70. The quantitative estimate of drug-likeness (QED) is 0.461. The Hall–Kier alpha value is -2.06. The zero-order chi connectivity index (χ0) is 22.1. The maximum atomic E-state index is 12.9. The normalized spacial score (nSPS) is 18.3. The monoisotopic (exact) mass is 474 g/mol. The number of rotatable bonds is 7. The molecule has 1 fully saturated rings. The van der Waals surface area contributed by atoms with E-state index in [2.05, 4.69) is 5.32 Å². The summed E-state index contributed by atoms with van der Waals surface area (Å²) in [5.41, 5.74) is -0.235. The number of primary sulfonamides is 1. The van der Waals surface area contributed by atoms with Gasteiger partial charge in [0.1, 0.15) is 9.90 Å². The summed E-state index contributed by atoms with van der Waals surface area (Å²) in [6, 6.07) is 6.67. The molecule has 1 aromatic heterocycles. The SMILES string of the molecule is CC1CCCN(S(=O)(=O)c2ccc(NCc3ccc(S(N)(=O)=O)s3)c([N+](=O)[O-])c2)C1. The average molecular weight is 475 g/mol. The second-order valence-corrected chi connectivity index (χ2v) is 12.1. The van der Waals surface area contributed by atoms with Crippen molar-refractivity contribution < 1.29 is 21.8 Å². The van der Waals surface area contributed by atoms with E-state index in [1.807, 2.05) is 6.92 Å². The van der Waals surface area contributed by atoms with Crippen molar-refractivity contribution in [3.8, 4) is 0 Å². The first-order chi connectivity index (χ1) is 14.0. The number of anilines is 1. The minimum atomic E-state index is -3.83. The van der Waals surface area contributed by atoms with Crippen molar-refractivity contribution in [1.29, 1.82) is 0 Å². The number of piperidine rings is 1. The fourth-order valence-electron chi connectivity index (χ4n) is 3.27. The summed E-state index contributed by atoms with van der Waals surface area (Å²) in [5, 5.41) is 19.5. The summed E-state index contributed by atoms with van der Waals surface area (Å²) >= 11 is 0.952. The fraction of sp³-hybridized carbons (Fsp3) is 0.412. The summed E-state index contributed by atoms with van der Waals surface area (Å²) in [4.78, 5) is 11.4. The molecule has 1 aromatic carbocycles. The van der Waals surface area contributed by atoms with Gasteiger partial charge in [-0.15, -0.1) is 11.3 Å². The number of benzene rings is 1. The van der Waals surface area contributed by atoms with Crippen molar-refractivity contribution in [2.24, 2.45) is 11.1 Å². The maximum Gasteiger partial charge on any atom is 0.293 e. The van der Waals surface area contributed by atoms with E-state index in [1.165, 1.54) is 22.5 Å². The molecule has 3 rings (SSSR count). The van der Waals surface area contributed by atoms with Gasteiger partial charge in [-0.05, 0) is 43.0 Å². The highest BCUT2D eigenvalue weighted by atomic mass is 32.2. The maximum absolute atomic E-state index is 12.9. The van der Waals surface area contributed by atoms with Crippen molar-refractivity contribution in [1.82, 2.24) is 4.31 Å². The highest BCUT2D eigenvalue weighted by Gasteiger charge is 2.30. The van der Waals surface area contributed by atoms with Crippen LogP contribution in [0.4, 0.5) is 11.4 Å². The van der Waals surface area contributed by atoms with Gasteiger partial charge in [-0.3, -0.25) is 10.1 Å². The third-order valence-electron chi connectivity index (χ3n) is 4.79. The Bertz CT molecular complexity index is 1160. The van der Waals surface area contributed by atoms with Crippen LogP contribution >= 0.6 is 11.3 Å². The van der Waals surface area contributed by atoms with Crippen LogP contribution in [0.1, 0.15) is 24.6 Å². The number of hydrogen-bond donors (Lipinski definition) is 2. The lowest BCUT2D eigenvalue weighted by molar-refractivity contribution is -0.384. The van der Waals surface area contributed by atoms with Crippen LogP contribution in [0.15, 0.2) is 39.4 Å². The van der Waals surface area contributed by atoms with E-state index in [9.17, 15) is 26.9 Å². The molecule has 1 aliphatic heterocycles. The molecule has 2 heterocycles. The van der Waals surface area contributed by atoms with Crippen LogP contribution in [0.5, 0.6) is 0 Å². The number of nitro groups is 1. The molecule has 0 saturated carbocycles. The molecule has 1 saturated heterocycles. The van der Waals surface area contributed by atoms with Gasteiger partial charge in [0.2, 0.25) is 20.0 Å². The molecule has 30 heavy (non-hydrogen) atoms. The largest absolute Gasteiger partial charge is 0.375 e. The van der Waals surface area contributed by atoms with Gasteiger partial charge < -0.3 is 5.32 Å². The molecule has 0 bridgehead atoms. The van der Waals surface area contributed by atoms with Crippen LogP contribution in [0.3, 0.4) is 0 Å². The summed E-state index contributed by atoms with van der Waals surface area (Å²) < 4.78 is 49.9. The second kappa shape index (κ2) is 8.59. The van der Waals surface area contributed by atoms with E-state index in [1.54, 1.807) is 6.07 Å². The number of hydrogen-bond acceptors (Lipinski definition) is 8. The zero-order valence-electron chi connectivity index (χ0n) is 16.1. The third kappa shape index (κ3) is 4.98. The molecule has 13 heteroatoms. The lowest BCUT2D eigenvalue weighted by Gasteiger charge is -2.30. The van der Waals surface area contributed by atoms with Crippen LogP contribution in [-0.4, -0.2) is 39.2 Å². The van der Waals surface area contributed by atoms with Gasteiger partial charge in [-0.25, -0.2) is 22.0 Å². The number of nitrogens with two attached hydrogens (primary N) is 1. The predicted octanol–water partition coefficient (Wildman–Crippen LogP) is 2.34. The minimum absolute atomic E-state index is 0.00833. The van der Waals surface area contributed by atoms with Gasteiger partial charge in [-0.1, -0.05) is 6.92 Å². The minimum Gasteiger partial charge on any atom is -0.375 e. The number of thiophene rings is 1. The van der Waals surface area contributed by atoms with Gasteiger partial charge in [0.05, 0.1) is 9.82 Å². The van der Waals surface area contributed by atoms with Crippen molar-refractivity contribution >= 4 is 42.8 Å². The van der Waals surface area contributed by atoms with Gasteiger partial charge >= 0.3 is 0 Å². The molecule has 2 aromatic rings. The molecule has 0 spiro atoms. The van der Waals surface area contributed by atoms with Crippen molar-refractivity contribution in [3.05, 3.63) is 45.3 Å². The van der Waals surface area contributed by atoms with Gasteiger partial charge in [0.25, 0.3) is 5.69 Å². The molecule has 0 amide bonds. The Morgan fingerprint density at radius 2 is 2.00 bits per heavy atom. The van der Waals surface area contributed by atoms with Crippen molar-refractivity contribution in [3.63, 3.8) is 0 Å². The molecule has 10 nitrogen and oxygen atoms in total. The fourth-order valence-corrected chi connectivity index (χ4v) is 6.61. The van der Waals surface area contributed by atoms with E-state index in [4.69, 9.17) is 5.14 Å². The van der Waals surface area contributed by atoms with E-state index in [-0.39, 0.29) is 32.9 Å². The highest BCUT2D eigenvalue weighted by Crippen LogP contribution is 2.31. The molecule has 3 N–H and O–H groups in total. The molecular weight excluding hydrogens is 452 g/mol. The van der Waals surface area contributed by atoms with Crippen LogP contribution in [0.2, 0.25) is 0 Å². The Balaban J connectivity index is 1.83. The molecule has 164 valence electrons. The Morgan fingerprint density at radius 1 is 1.27 bits per heavy atom. The smallest absolute Gasteiger partial charge is 0.293 e. The molecule has 1 atom stereocenters. The number of sulfonamides is 2. The van der Waals surface area contributed by atoms with E-state index in [0.717, 1.165) is 30.2 Å². The van der Waals surface area contributed by atoms with Crippen LogP contribution in [-0.2, 0) is 26.6 Å². The first kappa shape index (κ1) is 22.6. The van der Waals surface area contributed by atoms with Crippen molar-refractivity contribution in [2.75, 3.05) is 18.4 Å². The molecule has 1 unspecified atom stereocenters. The lowest BCUT2D eigenvalue weighted by atomic mass is 10.0. The molecule has 1 aliphatic rings. The summed E-state index contributed by atoms with van der Waals surface area (Å²) in [5.74, 6) is 0.234. The topological polar surface area (TPSA) is 153 Å². The predicted molar refractivity (Wildman–Crippen MR) is 113 cm³/mol.